The number of hydrogen-bond donors (Lipinski definition) is 3. The van der Waals surface area contributed by atoms with Crippen LogP contribution in [0.2, 0.25) is 0 Å². The Hall–Kier alpha value is -4.35. The standard InChI is InChI=1S/C35H48F2N10O4S/c1-23(17-30-42-32(22-44(30)4)52(50)46-14-9-26(10-15-46)41-20-27(19-39-2)51-34(36)37)21-45-12-7-24(8-13-45)25-5-6-28(29(18-25)40-3)33(38)47-16-11-31(48)43-35(47)49/h5-6,18-20,22-24,26,34,38,40H,2,7-17,21H2,1,3-4H3,(H,43,48,49)/b27-19+,38-33?,41-20?. The summed E-state index contributed by atoms with van der Waals surface area (Å²) in [5.41, 5.74) is 2.59. The zero-order valence-electron chi connectivity index (χ0n) is 29.9. The molecule has 0 bridgehead atoms. The molecule has 0 aliphatic carbocycles. The predicted octanol–water partition coefficient (Wildman–Crippen LogP) is 4.13. The number of ether oxygens (including phenoxy) is 1. The Kier molecular flexibility index (Phi) is 13.4. The van der Waals surface area contributed by atoms with Crippen molar-refractivity contribution in [3.63, 3.8) is 0 Å². The number of benzene rings is 1. The lowest BCUT2D eigenvalue weighted by molar-refractivity contribution is -0.121. The van der Waals surface area contributed by atoms with Gasteiger partial charge in [-0.25, -0.2) is 18.3 Å². The number of alkyl halides is 2. The van der Waals surface area contributed by atoms with Gasteiger partial charge in [-0.1, -0.05) is 13.0 Å². The first-order chi connectivity index (χ1) is 24.9. The van der Waals surface area contributed by atoms with E-state index in [0.29, 0.717) is 48.4 Å². The van der Waals surface area contributed by atoms with Crippen LogP contribution >= 0.6 is 0 Å². The minimum Gasteiger partial charge on any atom is -0.432 e. The molecule has 1 aromatic heterocycles. The number of anilines is 1. The zero-order valence-corrected chi connectivity index (χ0v) is 30.7. The van der Waals surface area contributed by atoms with Crippen molar-refractivity contribution in [2.24, 2.45) is 23.0 Å². The van der Waals surface area contributed by atoms with Crippen LogP contribution in [0.4, 0.5) is 19.3 Å². The van der Waals surface area contributed by atoms with Crippen molar-refractivity contribution in [1.82, 2.24) is 29.0 Å². The van der Waals surface area contributed by atoms with Gasteiger partial charge in [0.1, 0.15) is 22.6 Å². The minimum atomic E-state index is -2.98. The number of aliphatic imine (C=N–C) groups is 2. The van der Waals surface area contributed by atoms with Crippen molar-refractivity contribution in [3.8, 4) is 0 Å². The molecule has 0 saturated carbocycles. The van der Waals surface area contributed by atoms with E-state index in [1.54, 1.807) is 7.05 Å². The molecule has 2 atom stereocenters. The van der Waals surface area contributed by atoms with Gasteiger partial charge in [0, 0.05) is 70.6 Å². The Bertz CT molecular complexity index is 1700. The minimum absolute atomic E-state index is 0.0653. The summed E-state index contributed by atoms with van der Waals surface area (Å²) in [6, 6.07) is 5.34. The molecule has 0 spiro atoms. The van der Waals surface area contributed by atoms with Crippen molar-refractivity contribution in [2.45, 2.75) is 69.0 Å². The number of allylic oxidation sites excluding steroid dienone is 1. The van der Waals surface area contributed by atoms with Crippen LogP contribution in [-0.4, -0.2) is 118 Å². The fourth-order valence-electron chi connectivity index (χ4n) is 6.92. The van der Waals surface area contributed by atoms with E-state index in [4.69, 9.17) is 10.4 Å². The van der Waals surface area contributed by atoms with E-state index in [-0.39, 0.29) is 36.5 Å². The van der Waals surface area contributed by atoms with Crippen LogP contribution in [0.3, 0.4) is 0 Å². The lowest BCUT2D eigenvalue weighted by Gasteiger charge is -2.34. The normalized spacial score (nSPS) is 20.0. The van der Waals surface area contributed by atoms with Crippen molar-refractivity contribution in [3.05, 3.63) is 53.3 Å². The molecule has 0 radical (unpaired) electrons. The van der Waals surface area contributed by atoms with Crippen LogP contribution in [0.15, 0.2) is 51.4 Å². The number of amides is 3. The van der Waals surface area contributed by atoms with E-state index in [1.165, 1.54) is 16.7 Å². The molecule has 3 saturated heterocycles. The van der Waals surface area contributed by atoms with E-state index < -0.39 is 23.6 Å². The number of nitrogens with one attached hydrogen (secondary N) is 3. The highest BCUT2D eigenvalue weighted by Crippen LogP contribution is 2.32. The van der Waals surface area contributed by atoms with Gasteiger partial charge < -0.3 is 19.5 Å². The highest BCUT2D eigenvalue weighted by molar-refractivity contribution is 7.82. The molecule has 3 amide bonds. The largest absolute Gasteiger partial charge is 0.432 e. The Morgan fingerprint density at radius 1 is 1.19 bits per heavy atom. The van der Waals surface area contributed by atoms with Crippen LogP contribution in [-0.2, 0) is 34.0 Å². The van der Waals surface area contributed by atoms with Gasteiger partial charge in [0.05, 0.1) is 18.5 Å². The topological polar surface area (TPSA) is 161 Å². The average molecular weight is 743 g/mol. The molecule has 17 heteroatoms. The van der Waals surface area contributed by atoms with Crippen molar-refractivity contribution < 1.29 is 27.3 Å². The zero-order chi connectivity index (χ0) is 37.4. The van der Waals surface area contributed by atoms with Gasteiger partial charge in [0.25, 0.3) is 0 Å². The number of likely N-dealkylation sites (tertiary alicyclic amines) is 1. The molecule has 3 aliphatic rings. The summed E-state index contributed by atoms with van der Waals surface area (Å²) in [6.45, 7) is 6.59. The molecule has 3 N–H and O–H groups in total. The Morgan fingerprint density at radius 3 is 2.58 bits per heavy atom. The van der Waals surface area contributed by atoms with E-state index in [1.807, 2.05) is 34.2 Å². The Labute approximate surface area is 305 Å². The molecule has 52 heavy (non-hydrogen) atoms. The molecule has 2 aromatic rings. The first-order valence-electron chi connectivity index (χ1n) is 17.5. The molecule has 3 fully saturated rings. The second kappa shape index (κ2) is 17.9. The number of aromatic nitrogens is 2. The Balaban J connectivity index is 1.08. The lowest BCUT2D eigenvalue weighted by Crippen LogP contribution is -2.52. The number of urea groups is 1. The number of carbonyl (C=O) groups excluding carboxylic acids is 2. The van der Waals surface area contributed by atoms with Crippen LogP contribution in [0.1, 0.15) is 61.9 Å². The highest BCUT2D eigenvalue weighted by Gasteiger charge is 2.30. The SMILES string of the molecule is C=N/C=C(\C=NC1CCN(S(=O)c2cn(C)c(CC(C)CN3CCC(c4ccc(C(=N)N5CCC(=O)NC5=O)c(NC)c4)CC3)n2)CC1)OC(F)F. The number of amidine groups is 1. The first kappa shape index (κ1) is 38.9. The third kappa shape index (κ3) is 9.95. The third-order valence-corrected chi connectivity index (χ3v) is 11.1. The number of imidazole rings is 1. The van der Waals surface area contributed by atoms with Gasteiger partial charge in [-0.15, -0.1) is 0 Å². The van der Waals surface area contributed by atoms with Gasteiger partial charge in [-0.3, -0.25) is 30.4 Å². The molecule has 282 valence electrons. The molecule has 3 aliphatic heterocycles. The molecule has 2 unspecified atom stereocenters. The summed E-state index contributed by atoms with van der Waals surface area (Å²) in [5.74, 6) is 1.18. The van der Waals surface area contributed by atoms with Gasteiger partial charge >= 0.3 is 12.6 Å². The van der Waals surface area contributed by atoms with E-state index in [2.05, 4.69) is 50.0 Å². The summed E-state index contributed by atoms with van der Waals surface area (Å²) in [4.78, 5) is 40.2. The van der Waals surface area contributed by atoms with Gasteiger partial charge in [-0.05, 0) is 75.0 Å². The van der Waals surface area contributed by atoms with Crippen LogP contribution < -0.4 is 10.6 Å². The number of imide groups is 1. The first-order valence-corrected chi connectivity index (χ1v) is 18.6. The Morgan fingerprint density at radius 2 is 1.92 bits per heavy atom. The van der Waals surface area contributed by atoms with Gasteiger partial charge in [0.2, 0.25) is 5.91 Å². The van der Waals surface area contributed by atoms with E-state index in [0.717, 1.165) is 56.6 Å². The maximum atomic E-state index is 13.4. The number of piperidine rings is 2. The highest BCUT2D eigenvalue weighted by atomic mass is 32.2. The summed E-state index contributed by atoms with van der Waals surface area (Å²) in [7, 11) is 2.32. The van der Waals surface area contributed by atoms with Crippen LogP contribution in [0.25, 0.3) is 0 Å². The fraction of sp³-hybridized carbons (Fsp3) is 0.543. The molecule has 5 rings (SSSR count). The summed E-state index contributed by atoms with van der Waals surface area (Å²) in [6.07, 6.45) is 8.34. The van der Waals surface area contributed by atoms with E-state index in [9.17, 15) is 22.6 Å². The number of carbonyl (C=O) groups is 2. The second-order valence-electron chi connectivity index (χ2n) is 13.4. The molecule has 4 heterocycles. The fourth-order valence-corrected chi connectivity index (χ4v) is 8.16. The average Bonchev–Trinajstić information content (AvgIpc) is 3.49. The van der Waals surface area contributed by atoms with Gasteiger partial charge in [0.15, 0.2) is 10.8 Å². The number of rotatable bonds is 14. The lowest BCUT2D eigenvalue weighted by atomic mass is 9.88. The second-order valence-corrected chi connectivity index (χ2v) is 14.9. The number of aryl methyl sites for hydroxylation is 1. The quantitative estimate of drug-likeness (QED) is 0.149. The van der Waals surface area contributed by atoms with Crippen molar-refractivity contribution >= 4 is 47.4 Å². The van der Waals surface area contributed by atoms with Crippen LogP contribution in [0, 0.1) is 11.3 Å². The number of halogens is 2. The maximum Gasteiger partial charge on any atom is 0.387 e. The molecule has 1 aromatic carbocycles. The smallest absolute Gasteiger partial charge is 0.387 e. The molecular weight excluding hydrogens is 695 g/mol. The maximum absolute atomic E-state index is 13.4. The number of nitrogens with zero attached hydrogens (tertiary/aromatic N) is 7. The van der Waals surface area contributed by atoms with E-state index >= 15 is 0 Å². The number of hydrogen-bond acceptors (Lipinski definition) is 10. The van der Waals surface area contributed by atoms with Crippen molar-refractivity contribution in [1.29, 1.82) is 5.41 Å². The summed E-state index contributed by atoms with van der Waals surface area (Å²) < 4.78 is 46.8. The molecule has 14 nitrogen and oxygen atoms in total. The molecular formula is C35H48F2N10O4S. The predicted molar refractivity (Wildman–Crippen MR) is 196 cm³/mol. The van der Waals surface area contributed by atoms with Crippen molar-refractivity contribution in [2.75, 3.05) is 51.6 Å². The summed E-state index contributed by atoms with van der Waals surface area (Å²) in [5, 5.41) is 14.6. The monoisotopic (exact) mass is 742 g/mol. The van der Waals surface area contributed by atoms with Gasteiger partial charge in [-0.2, -0.15) is 8.78 Å². The summed E-state index contributed by atoms with van der Waals surface area (Å²) >= 11 is 0. The van der Waals surface area contributed by atoms with Crippen LogP contribution in [0.5, 0.6) is 0 Å². The third-order valence-electron chi connectivity index (χ3n) is 9.70.